The molecule has 0 aromatic carbocycles. The van der Waals surface area contributed by atoms with Crippen molar-refractivity contribution in [3.8, 4) is 0 Å². The molecule has 0 rings (SSSR count). The lowest BCUT2D eigenvalue weighted by Gasteiger charge is -2.23. The Morgan fingerprint density at radius 1 is 1.46 bits per heavy atom. The number of nitrogens with zero attached hydrogens (tertiary/aromatic N) is 1. The van der Waals surface area contributed by atoms with Crippen molar-refractivity contribution in [2.45, 2.75) is 6.92 Å². The van der Waals surface area contributed by atoms with Gasteiger partial charge in [0.15, 0.2) is 0 Å². The lowest BCUT2D eigenvalue weighted by molar-refractivity contribution is -0.870. The third kappa shape index (κ3) is 8.10. The minimum Gasteiger partial charge on any atom is -0.348 e. The summed E-state index contributed by atoms with van der Waals surface area (Å²) in [6.45, 7) is 6.80. The van der Waals surface area contributed by atoms with E-state index in [1.165, 1.54) is 0 Å². The molecule has 3 nitrogen and oxygen atoms in total. The molecule has 0 fully saturated rings. The van der Waals surface area contributed by atoms with E-state index >= 15 is 0 Å². The number of quaternary nitrogens is 1. The largest absolute Gasteiger partial charge is 0.348 e. The number of rotatable bonds is 6. The van der Waals surface area contributed by atoms with Gasteiger partial charge in [0, 0.05) is 0 Å². The molecular formula is C9H19NO2P+. The summed E-state index contributed by atoms with van der Waals surface area (Å²) in [4.78, 5) is 11.1. The Bertz CT molecular complexity index is 196. The highest BCUT2D eigenvalue weighted by molar-refractivity contribution is 7.54. The van der Waals surface area contributed by atoms with Gasteiger partial charge in [-0.1, -0.05) is 6.58 Å². The monoisotopic (exact) mass is 204 g/mol. The molecule has 76 valence electrons. The molecular weight excluding hydrogens is 185 g/mol. The molecule has 0 aliphatic rings. The van der Waals surface area contributed by atoms with Crippen molar-refractivity contribution in [3.63, 3.8) is 0 Å². The Balaban J connectivity index is 3.47. The second kappa shape index (κ2) is 5.48. The highest BCUT2D eigenvalue weighted by Crippen LogP contribution is 2.17. The minimum absolute atomic E-state index is 0.0152. The van der Waals surface area contributed by atoms with Crippen molar-refractivity contribution in [1.82, 2.24) is 0 Å². The van der Waals surface area contributed by atoms with Crippen LogP contribution >= 0.6 is 8.81 Å². The summed E-state index contributed by atoms with van der Waals surface area (Å²) in [6, 6.07) is 0. The Morgan fingerprint density at radius 2 is 2.00 bits per heavy atom. The van der Waals surface area contributed by atoms with E-state index in [4.69, 9.17) is 4.52 Å². The first kappa shape index (κ1) is 12.8. The normalized spacial score (nSPS) is 12.3. The average Bonchev–Trinajstić information content (AvgIpc) is 1.95. The van der Waals surface area contributed by atoms with Crippen LogP contribution < -0.4 is 0 Å². The maximum absolute atomic E-state index is 11.1. The lowest BCUT2D eigenvalue weighted by atomic mass is 10.4. The third-order valence-electron chi connectivity index (χ3n) is 1.42. The number of likely N-dealkylation sites (N-methyl/N-ethyl adjacent to an activating group) is 1. The number of carbonyl (C=O) groups excluding carboxylic acids is 1. The molecule has 0 spiro atoms. The highest BCUT2D eigenvalue weighted by atomic mass is 31.1. The highest BCUT2D eigenvalue weighted by Gasteiger charge is 2.07. The molecule has 0 saturated carbocycles. The fourth-order valence-electron chi connectivity index (χ4n) is 0.523. The number of carbonyl (C=O) groups is 1. The summed E-state index contributed by atoms with van der Waals surface area (Å²) < 4.78 is 6.09. The SMILES string of the molecule is C=C(C)C(=O)POCC[N+](C)(C)C. The van der Waals surface area contributed by atoms with Crippen LogP contribution in [-0.4, -0.2) is 44.3 Å². The third-order valence-corrected chi connectivity index (χ3v) is 2.38. The predicted octanol–water partition coefficient (Wildman–Crippen LogP) is 1.41. The van der Waals surface area contributed by atoms with Crippen LogP contribution in [0.15, 0.2) is 12.2 Å². The minimum atomic E-state index is -0.0762. The first-order valence-corrected chi connectivity index (χ1v) is 5.12. The zero-order valence-corrected chi connectivity index (χ0v) is 9.89. The van der Waals surface area contributed by atoms with E-state index in [0.29, 0.717) is 12.2 Å². The van der Waals surface area contributed by atoms with Crippen LogP contribution in [0.5, 0.6) is 0 Å². The summed E-state index contributed by atoms with van der Waals surface area (Å²) in [7, 11) is 6.19. The zero-order chi connectivity index (χ0) is 10.5. The van der Waals surface area contributed by atoms with Crippen LogP contribution in [0.4, 0.5) is 0 Å². The Morgan fingerprint density at radius 3 is 2.38 bits per heavy atom. The summed E-state index contributed by atoms with van der Waals surface area (Å²) in [6.07, 6.45) is 0. The average molecular weight is 204 g/mol. The molecule has 1 atom stereocenters. The number of allylic oxidation sites excluding steroid dienone is 1. The Labute approximate surface area is 82.2 Å². The molecule has 0 bridgehead atoms. The Kier molecular flexibility index (Phi) is 5.38. The Hall–Kier alpha value is -0.240. The van der Waals surface area contributed by atoms with Gasteiger partial charge in [-0.25, -0.2) is 0 Å². The fraction of sp³-hybridized carbons (Fsp3) is 0.667. The molecule has 0 aliphatic heterocycles. The maximum Gasteiger partial charge on any atom is 0.203 e. The molecule has 0 radical (unpaired) electrons. The van der Waals surface area contributed by atoms with E-state index in [0.717, 1.165) is 11.0 Å². The van der Waals surface area contributed by atoms with Crippen molar-refractivity contribution in [2.24, 2.45) is 0 Å². The lowest BCUT2D eigenvalue weighted by Crippen LogP contribution is -2.37. The molecule has 0 aromatic rings. The standard InChI is InChI=1S/C9H19NO2P/c1-8(2)9(11)13-12-7-6-10(3,4)5/h13H,1,6-7H2,2-5H3/q+1. The molecule has 0 saturated heterocycles. The van der Waals surface area contributed by atoms with Gasteiger partial charge >= 0.3 is 0 Å². The van der Waals surface area contributed by atoms with Crippen molar-refractivity contribution >= 4 is 14.3 Å². The quantitative estimate of drug-likeness (QED) is 0.283. The first-order valence-electron chi connectivity index (χ1n) is 4.21. The summed E-state index contributed by atoms with van der Waals surface area (Å²) >= 11 is 0. The molecule has 13 heavy (non-hydrogen) atoms. The van der Waals surface area contributed by atoms with Crippen molar-refractivity contribution in [3.05, 3.63) is 12.2 Å². The van der Waals surface area contributed by atoms with E-state index in [1.54, 1.807) is 6.92 Å². The number of hydrogen-bond donors (Lipinski definition) is 0. The van der Waals surface area contributed by atoms with Crippen LogP contribution in [0.1, 0.15) is 6.92 Å². The summed E-state index contributed by atoms with van der Waals surface area (Å²) in [5.74, 6) is 0. The first-order chi connectivity index (χ1) is 5.83. The molecule has 4 heteroatoms. The van der Waals surface area contributed by atoms with Gasteiger partial charge in [-0.05, 0) is 12.5 Å². The van der Waals surface area contributed by atoms with Crippen molar-refractivity contribution < 1.29 is 13.8 Å². The summed E-state index contributed by atoms with van der Waals surface area (Å²) in [5.41, 5.74) is 0.588. The smallest absolute Gasteiger partial charge is 0.203 e. The van der Waals surface area contributed by atoms with Crippen LogP contribution in [0.3, 0.4) is 0 Å². The van der Waals surface area contributed by atoms with E-state index < -0.39 is 0 Å². The van der Waals surface area contributed by atoms with Gasteiger partial charge < -0.3 is 9.01 Å². The van der Waals surface area contributed by atoms with Crippen LogP contribution in [0, 0.1) is 0 Å². The second-order valence-corrected chi connectivity index (χ2v) is 5.02. The van der Waals surface area contributed by atoms with Gasteiger partial charge in [-0.15, -0.1) is 0 Å². The van der Waals surface area contributed by atoms with E-state index in [1.807, 2.05) is 0 Å². The molecule has 0 aliphatic carbocycles. The summed E-state index contributed by atoms with van der Waals surface area (Å²) in [5, 5.41) is 0. The fourth-order valence-corrected chi connectivity index (χ4v) is 1.02. The topological polar surface area (TPSA) is 26.3 Å². The molecule has 0 N–H and O–H groups in total. The van der Waals surface area contributed by atoms with Gasteiger partial charge in [0.2, 0.25) is 5.52 Å². The number of hydrogen-bond acceptors (Lipinski definition) is 2. The predicted molar refractivity (Wildman–Crippen MR) is 57.0 cm³/mol. The molecule has 0 heterocycles. The van der Waals surface area contributed by atoms with Crippen LogP contribution in [0.25, 0.3) is 0 Å². The van der Waals surface area contributed by atoms with Gasteiger partial charge in [0.05, 0.1) is 30.0 Å². The second-order valence-electron chi connectivity index (χ2n) is 4.07. The van der Waals surface area contributed by atoms with Gasteiger partial charge in [-0.3, -0.25) is 4.79 Å². The van der Waals surface area contributed by atoms with Gasteiger partial charge in [0.25, 0.3) is 0 Å². The molecule has 1 unspecified atom stereocenters. The zero-order valence-electron chi connectivity index (χ0n) is 8.89. The van der Waals surface area contributed by atoms with Gasteiger partial charge in [0.1, 0.15) is 13.2 Å². The van der Waals surface area contributed by atoms with Crippen molar-refractivity contribution in [1.29, 1.82) is 0 Å². The van der Waals surface area contributed by atoms with Crippen LogP contribution in [0.2, 0.25) is 0 Å². The van der Waals surface area contributed by atoms with E-state index in [-0.39, 0.29) is 14.3 Å². The van der Waals surface area contributed by atoms with Gasteiger partial charge in [-0.2, -0.15) is 0 Å². The van der Waals surface area contributed by atoms with E-state index in [9.17, 15) is 4.79 Å². The maximum atomic E-state index is 11.1. The van der Waals surface area contributed by atoms with Crippen LogP contribution in [-0.2, 0) is 9.32 Å². The molecule has 0 aromatic heterocycles. The van der Waals surface area contributed by atoms with Crippen molar-refractivity contribution in [2.75, 3.05) is 34.3 Å². The molecule has 0 amide bonds. The van der Waals surface area contributed by atoms with E-state index in [2.05, 4.69) is 27.7 Å².